The first-order valence-corrected chi connectivity index (χ1v) is 11.2. The molecule has 1 aliphatic carbocycles. The van der Waals surface area contributed by atoms with Crippen molar-refractivity contribution in [3.63, 3.8) is 0 Å². The van der Waals surface area contributed by atoms with Crippen molar-refractivity contribution in [3.8, 4) is 0 Å². The monoisotopic (exact) mass is 441 g/mol. The summed E-state index contributed by atoms with van der Waals surface area (Å²) in [5, 5.41) is 6.90. The fourth-order valence-corrected chi connectivity index (χ4v) is 4.32. The molecular weight excluding hydrogens is 421 g/mol. The molecule has 0 fully saturated rings. The number of amides is 1. The largest absolute Gasteiger partial charge is 0.455 e. The van der Waals surface area contributed by atoms with Crippen molar-refractivity contribution in [2.45, 2.75) is 31.1 Å². The van der Waals surface area contributed by atoms with Crippen LogP contribution in [0.1, 0.15) is 40.3 Å². The summed E-state index contributed by atoms with van der Waals surface area (Å²) in [7, 11) is -3.96. The molecule has 0 bridgehead atoms. The van der Waals surface area contributed by atoms with E-state index in [1.54, 1.807) is 19.1 Å². The average Bonchev–Trinajstić information content (AvgIpc) is 3.11. The van der Waals surface area contributed by atoms with Crippen molar-refractivity contribution >= 4 is 27.3 Å². The molecule has 7 nitrogen and oxygen atoms in total. The minimum absolute atomic E-state index is 0.0962. The van der Waals surface area contributed by atoms with Crippen LogP contribution in [-0.4, -0.2) is 20.0 Å². The highest BCUT2D eigenvalue weighted by Gasteiger charge is 2.28. The summed E-state index contributed by atoms with van der Waals surface area (Å²) in [6.07, 6.45) is 1.86. The van der Waals surface area contributed by atoms with Gasteiger partial charge in [0.2, 0.25) is 0 Å². The molecule has 0 saturated heterocycles. The number of nitrogens with one attached hydrogen (secondary N) is 2. The Kier molecular flexibility index (Phi) is 5.60. The van der Waals surface area contributed by atoms with E-state index in [0.29, 0.717) is 47.5 Å². The molecule has 2 N–H and O–H groups in total. The van der Waals surface area contributed by atoms with E-state index in [0.717, 1.165) is 12.1 Å². The fraction of sp³-hybridized carbons (Fsp3) is 0.182. The van der Waals surface area contributed by atoms with Gasteiger partial charge in [0.1, 0.15) is 11.6 Å². The summed E-state index contributed by atoms with van der Waals surface area (Å²) in [6.45, 7) is 1.75. The molecule has 1 aromatic heterocycles. The SMILES string of the molecule is Cc1c(C(=O)Nc2ccccc2)oc2c1/C(=N/NS(=O)(=O)c1ccc(F)cc1)CCC2. The van der Waals surface area contributed by atoms with Gasteiger partial charge in [-0.15, -0.1) is 0 Å². The third-order valence-corrected chi connectivity index (χ3v) is 6.21. The van der Waals surface area contributed by atoms with E-state index in [4.69, 9.17) is 4.42 Å². The minimum atomic E-state index is -3.96. The molecule has 0 atom stereocenters. The number of carbonyl (C=O) groups excluding carboxylic acids is 1. The Morgan fingerprint density at radius 3 is 2.48 bits per heavy atom. The molecule has 0 aliphatic heterocycles. The summed E-state index contributed by atoms with van der Waals surface area (Å²) < 4.78 is 43.8. The second kappa shape index (κ2) is 8.35. The molecular formula is C22H20FN3O4S. The number of benzene rings is 2. The van der Waals surface area contributed by atoms with Crippen molar-refractivity contribution in [3.05, 3.63) is 83.1 Å². The zero-order valence-electron chi connectivity index (χ0n) is 16.7. The Bertz CT molecular complexity index is 1250. The zero-order valence-corrected chi connectivity index (χ0v) is 17.5. The lowest BCUT2D eigenvalue weighted by Gasteiger charge is -2.14. The molecule has 0 radical (unpaired) electrons. The Morgan fingerprint density at radius 2 is 1.77 bits per heavy atom. The highest BCUT2D eigenvalue weighted by atomic mass is 32.2. The summed E-state index contributed by atoms with van der Waals surface area (Å²) >= 11 is 0. The van der Waals surface area contributed by atoms with E-state index in [-0.39, 0.29) is 16.6 Å². The molecule has 1 aliphatic rings. The van der Waals surface area contributed by atoms with Gasteiger partial charge < -0.3 is 9.73 Å². The van der Waals surface area contributed by atoms with Gasteiger partial charge in [0.15, 0.2) is 5.76 Å². The second-order valence-electron chi connectivity index (χ2n) is 7.14. The van der Waals surface area contributed by atoms with Crippen LogP contribution in [0, 0.1) is 12.7 Å². The second-order valence-corrected chi connectivity index (χ2v) is 8.80. The van der Waals surface area contributed by atoms with Crippen LogP contribution in [0.5, 0.6) is 0 Å². The van der Waals surface area contributed by atoms with E-state index in [9.17, 15) is 17.6 Å². The topological polar surface area (TPSA) is 101 Å². The predicted octanol–water partition coefficient (Wildman–Crippen LogP) is 4.00. The molecule has 1 heterocycles. The third kappa shape index (κ3) is 4.36. The standard InChI is InChI=1S/C22H20FN3O4S/c1-14-20-18(25-26-31(28,29)17-12-10-15(23)11-13-17)8-5-9-19(20)30-21(14)22(27)24-16-6-3-2-4-7-16/h2-4,6-7,10-13,26H,5,8-9H2,1H3,(H,24,27)/b25-18+. The van der Waals surface area contributed by atoms with Crippen LogP contribution in [0.3, 0.4) is 0 Å². The van der Waals surface area contributed by atoms with Gasteiger partial charge in [-0.05, 0) is 56.2 Å². The van der Waals surface area contributed by atoms with Crippen molar-refractivity contribution in [2.24, 2.45) is 5.10 Å². The molecule has 1 amide bonds. The molecule has 0 saturated carbocycles. The van der Waals surface area contributed by atoms with E-state index in [1.165, 1.54) is 12.1 Å². The summed E-state index contributed by atoms with van der Waals surface area (Å²) in [5.74, 6) is -0.145. The van der Waals surface area contributed by atoms with E-state index in [1.807, 2.05) is 18.2 Å². The number of furan rings is 1. The van der Waals surface area contributed by atoms with Gasteiger partial charge in [0.25, 0.3) is 15.9 Å². The Morgan fingerprint density at radius 1 is 1.06 bits per heavy atom. The van der Waals surface area contributed by atoms with Crippen LogP contribution < -0.4 is 10.1 Å². The number of nitrogens with zero attached hydrogens (tertiary/aromatic N) is 1. The van der Waals surface area contributed by atoms with Crippen LogP contribution in [-0.2, 0) is 16.4 Å². The van der Waals surface area contributed by atoms with Crippen molar-refractivity contribution in [1.82, 2.24) is 4.83 Å². The average molecular weight is 441 g/mol. The number of para-hydroxylation sites is 1. The quantitative estimate of drug-likeness (QED) is 0.585. The molecule has 0 unspecified atom stereocenters. The number of aryl methyl sites for hydroxylation is 1. The van der Waals surface area contributed by atoms with Crippen molar-refractivity contribution < 1.29 is 22.0 Å². The lowest BCUT2D eigenvalue weighted by atomic mass is 9.93. The van der Waals surface area contributed by atoms with Gasteiger partial charge in [0, 0.05) is 23.2 Å². The van der Waals surface area contributed by atoms with Gasteiger partial charge >= 0.3 is 0 Å². The smallest absolute Gasteiger partial charge is 0.291 e. The summed E-state index contributed by atoms with van der Waals surface area (Å²) in [4.78, 5) is 14.8. The van der Waals surface area contributed by atoms with Crippen LogP contribution >= 0.6 is 0 Å². The number of hydrogen-bond acceptors (Lipinski definition) is 5. The number of anilines is 1. The molecule has 2 aromatic carbocycles. The predicted molar refractivity (Wildman–Crippen MR) is 114 cm³/mol. The normalized spacial score (nSPS) is 14.8. The highest BCUT2D eigenvalue weighted by Crippen LogP contribution is 2.30. The van der Waals surface area contributed by atoms with E-state index < -0.39 is 15.8 Å². The van der Waals surface area contributed by atoms with Crippen molar-refractivity contribution in [2.75, 3.05) is 5.32 Å². The number of carbonyl (C=O) groups is 1. The van der Waals surface area contributed by atoms with Crippen LogP contribution in [0.25, 0.3) is 0 Å². The first-order chi connectivity index (χ1) is 14.8. The number of rotatable bonds is 5. The minimum Gasteiger partial charge on any atom is -0.455 e. The summed E-state index contributed by atoms with van der Waals surface area (Å²) in [5.41, 5.74) is 2.38. The van der Waals surface area contributed by atoms with Crippen LogP contribution in [0.2, 0.25) is 0 Å². The Hall–Kier alpha value is -3.46. The Balaban J connectivity index is 1.60. The van der Waals surface area contributed by atoms with Gasteiger partial charge in [-0.25, -0.2) is 4.39 Å². The molecule has 0 spiro atoms. The molecule has 160 valence electrons. The van der Waals surface area contributed by atoms with Gasteiger partial charge in [-0.2, -0.15) is 18.4 Å². The fourth-order valence-electron chi connectivity index (χ4n) is 3.49. The van der Waals surface area contributed by atoms with Crippen molar-refractivity contribution in [1.29, 1.82) is 0 Å². The van der Waals surface area contributed by atoms with Crippen LogP contribution in [0.4, 0.5) is 10.1 Å². The molecule has 31 heavy (non-hydrogen) atoms. The highest BCUT2D eigenvalue weighted by molar-refractivity contribution is 7.89. The molecule has 9 heteroatoms. The van der Waals surface area contributed by atoms with Gasteiger partial charge in [-0.1, -0.05) is 18.2 Å². The first kappa shape index (κ1) is 20.8. The maximum Gasteiger partial charge on any atom is 0.291 e. The number of hydrazone groups is 1. The zero-order chi connectivity index (χ0) is 22.0. The van der Waals surface area contributed by atoms with E-state index >= 15 is 0 Å². The lowest BCUT2D eigenvalue weighted by Crippen LogP contribution is -2.22. The number of hydrogen-bond donors (Lipinski definition) is 2. The number of halogens is 1. The maximum atomic E-state index is 13.1. The number of sulfonamides is 1. The Labute approximate surface area is 179 Å². The van der Waals surface area contributed by atoms with Gasteiger partial charge in [0.05, 0.1) is 10.6 Å². The first-order valence-electron chi connectivity index (χ1n) is 9.68. The maximum absolute atomic E-state index is 13.1. The van der Waals surface area contributed by atoms with Crippen LogP contribution in [0.15, 0.2) is 69.0 Å². The molecule has 3 aromatic rings. The number of fused-ring (bicyclic) bond motifs is 1. The third-order valence-electron chi connectivity index (χ3n) is 4.99. The molecule has 4 rings (SSSR count). The summed E-state index contributed by atoms with van der Waals surface area (Å²) in [6, 6.07) is 13.5. The van der Waals surface area contributed by atoms with E-state index in [2.05, 4.69) is 15.2 Å². The van der Waals surface area contributed by atoms with Gasteiger partial charge in [-0.3, -0.25) is 4.79 Å². The lowest BCUT2D eigenvalue weighted by molar-refractivity contribution is 0.0994.